The Hall–Kier alpha value is -0.390. The van der Waals surface area contributed by atoms with Crippen molar-refractivity contribution in [3.63, 3.8) is 0 Å². The molecule has 0 radical (unpaired) electrons. The zero-order valence-electron chi connectivity index (χ0n) is 7.87. The van der Waals surface area contributed by atoms with Crippen molar-refractivity contribution in [2.75, 3.05) is 6.54 Å². The van der Waals surface area contributed by atoms with Crippen molar-refractivity contribution in [2.45, 2.75) is 44.8 Å². The molecular weight excluding hydrogens is 205 g/mol. The predicted octanol–water partition coefficient (Wildman–Crippen LogP) is 2.96. The molecule has 0 bridgehead atoms. The maximum Gasteiger partial charge on any atom is 0.389 e. The highest BCUT2D eigenvalue weighted by Crippen LogP contribution is 2.22. The van der Waals surface area contributed by atoms with E-state index in [0.29, 0.717) is 0 Å². The van der Waals surface area contributed by atoms with Gasteiger partial charge in [-0.3, -0.25) is 0 Å². The third kappa shape index (κ3) is 9.70. The highest BCUT2D eigenvalue weighted by Gasteiger charge is 2.26. The first-order valence-electron chi connectivity index (χ1n) is 4.39. The van der Waals surface area contributed by atoms with Crippen LogP contribution in [0.1, 0.15) is 26.2 Å². The average Bonchev–Trinajstić information content (AvgIpc) is 1.98. The Morgan fingerprint density at radius 3 is 2.21 bits per heavy atom. The molecule has 0 aromatic carbocycles. The minimum atomic E-state index is -4.15. The monoisotopic (exact) mass is 219 g/mol. The second-order valence-electron chi connectivity index (χ2n) is 3.21. The average molecular weight is 219 g/mol. The third-order valence-corrected chi connectivity index (χ3v) is 1.72. The van der Waals surface area contributed by atoms with Crippen LogP contribution >= 0.6 is 0 Å². The van der Waals surface area contributed by atoms with Gasteiger partial charge in [0, 0.05) is 12.5 Å². The Balaban J connectivity index is 3.40. The van der Waals surface area contributed by atoms with Gasteiger partial charge in [-0.2, -0.15) is 13.2 Å². The van der Waals surface area contributed by atoms with Crippen molar-refractivity contribution >= 4 is 0 Å². The third-order valence-electron chi connectivity index (χ3n) is 1.72. The Bertz CT molecular complexity index is 145. The maximum atomic E-state index is 11.7. The lowest BCUT2D eigenvalue weighted by Crippen LogP contribution is -2.30. The molecule has 1 atom stereocenters. The summed E-state index contributed by atoms with van der Waals surface area (Å²) >= 11 is 0. The molecule has 0 heterocycles. The zero-order valence-corrected chi connectivity index (χ0v) is 7.87. The van der Waals surface area contributed by atoms with Gasteiger partial charge in [-0.1, -0.05) is 0 Å². The summed E-state index contributed by atoms with van der Waals surface area (Å²) in [5.74, 6) is 0. The molecule has 0 aliphatic rings. The van der Waals surface area contributed by atoms with Gasteiger partial charge < -0.3 is 5.32 Å². The lowest BCUT2D eigenvalue weighted by molar-refractivity contribution is -0.135. The SMILES string of the molecule is CC(CCCC(F)(F)F)NCC(F)F. The molecule has 86 valence electrons. The van der Waals surface area contributed by atoms with Crippen LogP contribution in [0, 0.1) is 0 Å². The molecular formula is C8H14F5N. The molecule has 1 unspecified atom stereocenters. The van der Waals surface area contributed by atoms with Crippen LogP contribution in [0.5, 0.6) is 0 Å². The normalized spacial score (nSPS) is 14.8. The van der Waals surface area contributed by atoms with Gasteiger partial charge in [-0.25, -0.2) is 8.78 Å². The smallest absolute Gasteiger partial charge is 0.309 e. The molecule has 1 N–H and O–H groups in total. The summed E-state index contributed by atoms with van der Waals surface area (Å²) in [5.41, 5.74) is 0. The van der Waals surface area contributed by atoms with Crippen LogP contribution in [0.25, 0.3) is 0 Å². The Labute approximate surface area is 79.7 Å². The number of hydrogen-bond donors (Lipinski definition) is 1. The maximum absolute atomic E-state index is 11.7. The van der Waals surface area contributed by atoms with Crippen LogP contribution in [-0.4, -0.2) is 25.2 Å². The summed E-state index contributed by atoms with van der Waals surface area (Å²) < 4.78 is 58.4. The molecule has 0 fully saturated rings. The van der Waals surface area contributed by atoms with E-state index in [9.17, 15) is 22.0 Å². The molecule has 1 nitrogen and oxygen atoms in total. The summed E-state index contributed by atoms with van der Waals surface area (Å²) in [6.45, 7) is 1.13. The summed E-state index contributed by atoms with van der Waals surface area (Å²) in [5, 5.41) is 2.45. The molecule has 0 aliphatic heterocycles. The first kappa shape index (κ1) is 13.6. The molecule has 0 rings (SSSR count). The van der Waals surface area contributed by atoms with Crippen molar-refractivity contribution in [3.05, 3.63) is 0 Å². The van der Waals surface area contributed by atoms with Crippen LogP contribution in [-0.2, 0) is 0 Å². The number of halogens is 5. The fraction of sp³-hybridized carbons (Fsp3) is 1.00. The summed E-state index contributed by atoms with van der Waals surface area (Å²) in [6.07, 6.45) is -7.23. The Kier molecular flexibility index (Phi) is 5.99. The van der Waals surface area contributed by atoms with E-state index in [2.05, 4.69) is 5.32 Å². The van der Waals surface area contributed by atoms with Crippen molar-refractivity contribution in [1.82, 2.24) is 5.32 Å². The second kappa shape index (κ2) is 6.16. The standard InChI is InChI=1S/C8H14F5N/c1-6(14-5-7(9)10)3-2-4-8(11,12)13/h6-7,14H,2-5H2,1H3. The van der Waals surface area contributed by atoms with Crippen molar-refractivity contribution in [2.24, 2.45) is 0 Å². The van der Waals surface area contributed by atoms with Crippen LogP contribution < -0.4 is 5.32 Å². The van der Waals surface area contributed by atoms with E-state index in [4.69, 9.17) is 0 Å². The van der Waals surface area contributed by atoms with Gasteiger partial charge in [-0.05, 0) is 19.8 Å². The van der Waals surface area contributed by atoms with Crippen molar-refractivity contribution < 1.29 is 22.0 Å². The highest BCUT2D eigenvalue weighted by atomic mass is 19.4. The topological polar surface area (TPSA) is 12.0 Å². The van der Waals surface area contributed by atoms with Crippen molar-refractivity contribution in [1.29, 1.82) is 0 Å². The predicted molar refractivity (Wildman–Crippen MR) is 43.4 cm³/mol. The number of alkyl halides is 5. The number of hydrogen-bond acceptors (Lipinski definition) is 1. The molecule has 0 spiro atoms. The van der Waals surface area contributed by atoms with Crippen LogP contribution in [0.15, 0.2) is 0 Å². The molecule has 6 heteroatoms. The lowest BCUT2D eigenvalue weighted by atomic mass is 10.1. The second-order valence-corrected chi connectivity index (χ2v) is 3.21. The molecule has 14 heavy (non-hydrogen) atoms. The molecule has 0 aromatic rings. The fourth-order valence-corrected chi connectivity index (χ4v) is 1.00. The molecule has 0 aromatic heterocycles. The van der Waals surface area contributed by atoms with Crippen molar-refractivity contribution in [3.8, 4) is 0 Å². The molecule has 0 saturated heterocycles. The number of rotatable bonds is 6. The van der Waals surface area contributed by atoms with E-state index in [0.717, 1.165) is 0 Å². The molecule has 0 amide bonds. The van der Waals surface area contributed by atoms with Gasteiger partial charge in [0.2, 0.25) is 0 Å². The fourth-order valence-electron chi connectivity index (χ4n) is 1.00. The van der Waals surface area contributed by atoms with Gasteiger partial charge in [0.1, 0.15) is 0 Å². The lowest BCUT2D eigenvalue weighted by Gasteiger charge is -2.13. The quantitative estimate of drug-likeness (QED) is 0.677. The molecule has 0 aliphatic carbocycles. The van der Waals surface area contributed by atoms with Gasteiger partial charge >= 0.3 is 6.18 Å². The molecule has 0 saturated carbocycles. The highest BCUT2D eigenvalue weighted by molar-refractivity contribution is 4.62. The van der Waals surface area contributed by atoms with Gasteiger partial charge in [0.25, 0.3) is 6.43 Å². The first-order valence-corrected chi connectivity index (χ1v) is 4.39. The summed E-state index contributed by atoms with van der Waals surface area (Å²) in [7, 11) is 0. The van der Waals surface area contributed by atoms with E-state index in [1.165, 1.54) is 0 Å². The van der Waals surface area contributed by atoms with Crippen LogP contribution in [0.2, 0.25) is 0 Å². The number of nitrogens with one attached hydrogen (secondary N) is 1. The largest absolute Gasteiger partial charge is 0.389 e. The van der Waals surface area contributed by atoms with E-state index in [-0.39, 0.29) is 18.9 Å². The zero-order chi connectivity index (χ0) is 11.2. The minimum absolute atomic E-state index is 0.0269. The van der Waals surface area contributed by atoms with E-state index >= 15 is 0 Å². The summed E-state index contributed by atoms with van der Waals surface area (Å²) in [4.78, 5) is 0. The van der Waals surface area contributed by atoms with E-state index in [1.54, 1.807) is 6.92 Å². The van der Waals surface area contributed by atoms with E-state index in [1.807, 2.05) is 0 Å². The van der Waals surface area contributed by atoms with E-state index < -0.39 is 25.6 Å². The van der Waals surface area contributed by atoms with Gasteiger partial charge in [-0.15, -0.1) is 0 Å². The Morgan fingerprint density at radius 1 is 1.21 bits per heavy atom. The van der Waals surface area contributed by atoms with Crippen LogP contribution in [0.4, 0.5) is 22.0 Å². The van der Waals surface area contributed by atoms with Crippen LogP contribution in [0.3, 0.4) is 0 Å². The Morgan fingerprint density at radius 2 is 1.79 bits per heavy atom. The van der Waals surface area contributed by atoms with Gasteiger partial charge in [0.15, 0.2) is 0 Å². The van der Waals surface area contributed by atoms with Gasteiger partial charge in [0.05, 0.1) is 6.54 Å². The minimum Gasteiger partial charge on any atom is -0.309 e. The summed E-state index contributed by atoms with van der Waals surface area (Å²) in [6, 6.07) is -0.300. The first-order chi connectivity index (χ1) is 6.31.